The molecule has 3 aromatic rings. The van der Waals surface area contributed by atoms with Crippen LogP contribution in [0.15, 0.2) is 54.9 Å². The van der Waals surface area contributed by atoms with Crippen LogP contribution in [0, 0.1) is 6.92 Å². The molecule has 1 amide bonds. The predicted molar refractivity (Wildman–Crippen MR) is 105 cm³/mol. The van der Waals surface area contributed by atoms with Crippen molar-refractivity contribution in [3.8, 4) is 0 Å². The molecule has 2 aromatic heterocycles. The fraction of sp³-hybridized carbons (Fsp3) is 0.263. The van der Waals surface area contributed by atoms with Gasteiger partial charge in [0, 0.05) is 25.4 Å². The van der Waals surface area contributed by atoms with Crippen LogP contribution in [-0.4, -0.2) is 36.2 Å². The lowest BCUT2D eigenvalue weighted by molar-refractivity contribution is -0.120. The molecule has 7 nitrogen and oxygen atoms in total. The van der Waals surface area contributed by atoms with Gasteiger partial charge in [0.1, 0.15) is 0 Å². The van der Waals surface area contributed by atoms with Crippen molar-refractivity contribution in [1.82, 2.24) is 14.9 Å². The number of carbonyl (C=O) groups excluding carboxylic acids is 1. The SMILES string of the molecule is Cc1cccc(CCC(=O)NCCS(=O)(=O)Nc2ccn3nccc3c2)c1. The highest BCUT2D eigenvalue weighted by Crippen LogP contribution is 2.13. The van der Waals surface area contributed by atoms with E-state index in [-0.39, 0.29) is 18.2 Å². The number of amides is 1. The lowest BCUT2D eigenvalue weighted by Crippen LogP contribution is -2.31. The number of nitrogens with zero attached hydrogens (tertiary/aromatic N) is 2. The molecule has 0 aliphatic heterocycles. The Hall–Kier alpha value is -2.87. The Labute approximate surface area is 158 Å². The highest BCUT2D eigenvalue weighted by molar-refractivity contribution is 7.92. The van der Waals surface area contributed by atoms with Crippen LogP contribution in [0.2, 0.25) is 0 Å². The highest BCUT2D eigenvalue weighted by atomic mass is 32.2. The van der Waals surface area contributed by atoms with Crippen molar-refractivity contribution in [2.24, 2.45) is 0 Å². The zero-order valence-electron chi connectivity index (χ0n) is 15.1. The van der Waals surface area contributed by atoms with Crippen molar-refractivity contribution in [1.29, 1.82) is 0 Å². The minimum absolute atomic E-state index is 0.0664. The third-order valence-electron chi connectivity index (χ3n) is 4.09. The van der Waals surface area contributed by atoms with Gasteiger partial charge in [-0.15, -0.1) is 0 Å². The van der Waals surface area contributed by atoms with Crippen molar-refractivity contribution in [2.45, 2.75) is 19.8 Å². The van der Waals surface area contributed by atoms with Gasteiger partial charge in [-0.2, -0.15) is 5.10 Å². The van der Waals surface area contributed by atoms with Gasteiger partial charge in [0.05, 0.1) is 17.0 Å². The zero-order chi connectivity index (χ0) is 19.3. The standard InChI is InChI=1S/C19H22N4O3S/c1-15-3-2-4-16(13-15)5-6-19(24)20-10-12-27(25,26)22-17-8-11-23-18(14-17)7-9-21-23/h2-4,7-9,11,13-14,22H,5-6,10,12H2,1H3,(H,20,24). The summed E-state index contributed by atoms with van der Waals surface area (Å²) in [4.78, 5) is 11.9. The lowest BCUT2D eigenvalue weighted by Gasteiger charge is -2.09. The number of pyridine rings is 1. The number of hydrogen-bond acceptors (Lipinski definition) is 4. The van der Waals surface area contributed by atoms with Crippen molar-refractivity contribution >= 4 is 27.1 Å². The Morgan fingerprint density at radius 2 is 2.04 bits per heavy atom. The van der Waals surface area contributed by atoms with Gasteiger partial charge in [-0.25, -0.2) is 12.9 Å². The molecule has 0 aliphatic carbocycles. The van der Waals surface area contributed by atoms with E-state index in [0.29, 0.717) is 18.5 Å². The second kappa shape index (κ2) is 8.22. The maximum Gasteiger partial charge on any atom is 0.234 e. The van der Waals surface area contributed by atoms with Crippen LogP contribution in [0.5, 0.6) is 0 Å². The summed E-state index contributed by atoms with van der Waals surface area (Å²) in [7, 11) is -3.55. The highest BCUT2D eigenvalue weighted by Gasteiger charge is 2.12. The molecule has 0 saturated carbocycles. The summed E-state index contributed by atoms with van der Waals surface area (Å²) < 4.78 is 28.5. The maximum atomic E-state index is 12.2. The van der Waals surface area contributed by atoms with E-state index < -0.39 is 10.0 Å². The van der Waals surface area contributed by atoms with Crippen LogP contribution in [-0.2, 0) is 21.2 Å². The molecule has 0 fully saturated rings. The van der Waals surface area contributed by atoms with Gasteiger partial charge < -0.3 is 5.32 Å². The normalized spacial score (nSPS) is 11.4. The number of aryl methyl sites for hydroxylation is 2. The topological polar surface area (TPSA) is 92.6 Å². The molecule has 2 N–H and O–H groups in total. The number of sulfonamides is 1. The van der Waals surface area contributed by atoms with E-state index >= 15 is 0 Å². The molecule has 142 valence electrons. The van der Waals surface area contributed by atoms with Crippen LogP contribution in [0.25, 0.3) is 5.52 Å². The Morgan fingerprint density at radius 3 is 2.85 bits per heavy atom. The zero-order valence-corrected chi connectivity index (χ0v) is 15.9. The van der Waals surface area contributed by atoms with E-state index in [1.54, 1.807) is 35.1 Å². The molecule has 8 heteroatoms. The Morgan fingerprint density at radius 1 is 1.19 bits per heavy atom. The largest absolute Gasteiger partial charge is 0.355 e. The number of nitrogens with one attached hydrogen (secondary N) is 2. The van der Waals surface area contributed by atoms with Crippen LogP contribution < -0.4 is 10.0 Å². The quantitative estimate of drug-likeness (QED) is 0.620. The van der Waals surface area contributed by atoms with Gasteiger partial charge in [-0.1, -0.05) is 29.8 Å². The molecule has 0 spiro atoms. The average Bonchev–Trinajstić information content (AvgIpc) is 3.07. The van der Waals surface area contributed by atoms with Gasteiger partial charge in [0.15, 0.2) is 0 Å². The van der Waals surface area contributed by atoms with Crippen LogP contribution in [0.4, 0.5) is 5.69 Å². The van der Waals surface area contributed by atoms with Gasteiger partial charge in [0.2, 0.25) is 15.9 Å². The number of rotatable bonds is 8. The molecular weight excluding hydrogens is 364 g/mol. The second-order valence-electron chi connectivity index (χ2n) is 6.38. The van der Waals surface area contributed by atoms with Crippen molar-refractivity contribution < 1.29 is 13.2 Å². The monoisotopic (exact) mass is 386 g/mol. The third-order valence-corrected chi connectivity index (χ3v) is 5.38. The van der Waals surface area contributed by atoms with E-state index in [1.807, 2.05) is 31.2 Å². The van der Waals surface area contributed by atoms with Crippen molar-refractivity contribution in [3.63, 3.8) is 0 Å². The molecule has 0 bridgehead atoms. The molecule has 1 aromatic carbocycles. The summed E-state index contributed by atoms with van der Waals surface area (Å²) in [6, 6.07) is 13.1. The average molecular weight is 386 g/mol. The molecule has 0 radical (unpaired) electrons. The lowest BCUT2D eigenvalue weighted by atomic mass is 10.1. The van der Waals surface area contributed by atoms with Crippen molar-refractivity contribution in [2.75, 3.05) is 17.0 Å². The first-order valence-corrected chi connectivity index (χ1v) is 10.3. The van der Waals surface area contributed by atoms with E-state index in [0.717, 1.165) is 16.6 Å². The molecule has 27 heavy (non-hydrogen) atoms. The van der Waals surface area contributed by atoms with Crippen LogP contribution in [0.3, 0.4) is 0 Å². The minimum Gasteiger partial charge on any atom is -0.355 e. The fourth-order valence-corrected chi connectivity index (χ4v) is 3.71. The van der Waals surface area contributed by atoms with Gasteiger partial charge >= 0.3 is 0 Å². The smallest absolute Gasteiger partial charge is 0.234 e. The van der Waals surface area contributed by atoms with E-state index in [9.17, 15) is 13.2 Å². The summed E-state index contributed by atoms with van der Waals surface area (Å²) in [5.74, 6) is -0.347. The van der Waals surface area contributed by atoms with Gasteiger partial charge in [-0.3, -0.25) is 9.52 Å². The number of hydrogen-bond donors (Lipinski definition) is 2. The molecule has 0 saturated heterocycles. The van der Waals surface area contributed by atoms with E-state index in [4.69, 9.17) is 0 Å². The first-order valence-electron chi connectivity index (χ1n) is 8.67. The Balaban J connectivity index is 1.44. The number of aromatic nitrogens is 2. The van der Waals surface area contributed by atoms with Gasteiger partial charge in [0.25, 0.3) is 0 Å². The first kappa shape index (κ1) is 18.9. The molecule has 0 atom stereocenters. The van der Waals surface area contributed by atoms with E-state index in [2.05, 4.69) is 15.1 Å². The van der Waals surface area contributed by atoms with E-state index in [1.165, 1.54) is 0 Å². The number of fused-ring (bicyclic) bond motifs is 1. The third kappa shape index (κ3) is 5.55. The summed E-state index contributed by atoms with van der Waals surface area (Å²) in [5, 5.41) is 6.72. The number of carbonyl (C=O) groups is 1. The summed E-state index contributed by atoms with van der Waals surface area (Å²) >= 11 is 0. The summed E-state index contributed by atoms with van der Waals surface area (Å²) in [5.41, 5.74) is 3.50. The maximum absolute atomic E-state index is 12.2. The molecule has 0 unspecified atom stereocenters. The predicted octanol–water partition coefficient (Wildman–Crippen LogP) is 2.13. The minimum atomic E-state index is -3.55. The number of benzene rings is 1. The Bertz CT molecular complexity index is 1040. The van der Waals surface area contributed by atoms with Gasteiger partial charge in [-0.05, 0) is 37.1 Å². The molecular formula is C19H22N4O3S. The molecule has 0 aliphatic rings. The fourth-order valence-electron chi connectivity index (χ4n) is 2.75. The van der Waals surface area contributed by atoms with Crippen LogP contribution in [0.1, 0.15) is 17.5 Å². The summed E-state index contributed by atoms with van der Waals surface area (Å²) in [6.07, 6.45) is 4.28. The van der Waals surface area contributed by atoms with Crippen molar-refractivity contribution in [3.05, 3.63) is 66.0 Å². The van der Waals surface area contributed by atoms with Crippen LogP contribution >= 0.6 is 0 Å². The Kier molecular flexibility index (Phi) is 5.75. The number of anilines is 1. The summed E-state index contributed by atoms with van der Waals surface area (Å²) in [6.45, 7) is 2.07. The first-order chi connectivity index (χ1) is 12.9. The molecule has 3 rings (SSSR count). The second-order valence-corrected chi connectivity index (χ2v) is 8.22. The molecule has 2 heterocycles.